The lowest BCUT2D eigenvalue weighted by molar-refractivity contribution is -0.124. The summed E-state index contributed by atoms with van der Waals surface area (Å²) in [7, 11) is 4.12. The van der Waals surface area contributed by atoms with E-state index in [4.69, 9.17) is 4.74 Å². The van der Waals surface area contributed by atoms with Crippen LogP contribution in [0.2, 0.25) is 0 Å². The molecule has 0 saturated carbocycles. The van der Waals surface area contributed by atoms with Gasteiger partial charge in [-0.3, -0.25) is 4.79 Å². The summed E-state index contributed by atoms with van der Waals surface area (Å²) in [5, 5.41) is 8.72. The number of nitrogens with one attached hydrogen (secondary N) is 2. The van der Waals surface area contributed by atoms with Crippen LogP contribution in [0, 0.1) is 0 Å². The van der Waals surface area contributed by atoms with Crippen LogP contribution in [0.25, 0.3) is 10.8 Å². The van der Waals surface area contributed by atoms with Gasteiger partial charge in [-0.1, -0.05) is 30.3 Å². The first-order chi connectivity index (χ1) is 12.3. The number of carbonyl (C=O) groups excluding carboxylic acids is 1. The Morgan fingerprint density at radius 3 is 2.54 bits per heavy atom. The Kier molecular flexibility index (Phi) is 7.00. The molecule has 0 unspecified atom stereocenters. The van der Waals surface area contributed by atoms with E-state index in [0.717, 1.165) is 29.8 Å². The van der Waals surface area contributed by atoms with Crippen molar-refractivity contribution in [1.29, 1.82) is 0 Å². The minimum absolute atomic E-state index is 0.0142. The zero-order chi connectivity index (χ0) is 19.2. The quantitative estimate of drug-likeness (QED) is 0.714. The second kappa shape index (κ2) is 9.01. The molecule has 5 nitrogen and oxygen atoms in total. The van der Waals surface area contributed by atoms with E-state index in [2.05, 4.69) is 41.8 Å². The second-order valence-corrected chi connectivity index (χ2v) is 7.83. The molecule has 0 spiro atoms. The van der Waals surface area contributed by atoms with E-state index < -0.39 is 0 Å². The normalized spacial score (nSPS) is 11.8. The standard InChI is InChI=1S/C21H31N3O2/c1-21(2,3)23-20(25)15-26-19-11-10-16-8-6-7-9-17(16)18(19)14-22-12-13-24(4)5/h6-11,22H,12-15H2,1-5H3,(H,23,25). The summed E-state index contributed by atoms with van der Waals surface area (Å²) in [5.74, 6) is 0.641. The van der Waals surface area contributed by atoms with E-state index in [9.17, 15) is 4.79 Å². The van der Waals surface area contributed by atoms with Gasteiger partial charge in [-0.25, -0.2) is 0 Å². The van der Waals surface area contributed by atoms with E-state index >= 15 is 0 Å². The van der Waals surface area contributed by atoms with Gasteiger partial charge in [-0.2, -0.15) is 0 Å². The van der Waals surface area contributed by atoms with E-state index in [0.29, 0.717) is 6.54 Å². The monoisotopic (exact) mass is 357 g/mol. The molecule has 0 atom stereocenters. The Hall–Kier alpha value is -2.11. The Labute approximate surface area is 156 Å². The minimum atomic E-state index is -0.263. The molecule has 0 aliphatic carbocycles. The van der Waals surface area contributed by atoms with Crippen LogP contribution >= 0.6 is 0 Å². The first-order valence-electron chi connectivity index (χ1n) is 9.06. The molecule has 0 aliphatic heterocycles. The van der Waals surface area contributed by atoms with E-state index in [1.165, 1.54) is 5.39 Å². The number of nitrogens with zero attached hydrogens (tertiary/aromatic N) is 1. The van der Waals surface area contributed by atoms with Crippen LogP contribution in [-0.4, -0.2) is 50.1 Å². The number of rotatable bonds is 8. The SMILES string of the molecule is CN(C)CCNCc1c(OCC(=O)NC(C)(C)C)ccc2ccccc12. The van der Waals surface area contributed by atoms with Crippen molar-refractivity contribution in [2.45, 2.75) is 32.9 Å². The molecule has 0 saturated heterocycles. The zero-order valence-corrected chi connectivity index (χ0v) is 16.6. The fraction of sp³-hybridized carbons (Fsp3) is 0.476. The molecule has 2 aromatic rings. The Morgan fingerprint density at radius 2 is 1.85 bits per heavy atom. The maximum absolute atomic E-state index is 12.1. The minimum Gasteiger partial charge on any atom is -0.483 e. The van der Waals surface area contributed by atoms with Crippen molar-refractivity contribution in [3.63, 3.8) is 0 Å². The molecular weight excluding hydrogens is 326 g/mol. The highest BCUT2D eigenvalue weighted by atomic mass is 16.5. The van der Waals surface area contributed by atoms with Gasteiger partial charge in [0.1, 0.15) is 5.75 Å². The summed E-state index contributed by atoms with van der Waals surface area (Å²) < 4.78 is 5.87. The van der Waals surface area contributed by atoms with E-state index in [1.54, 1.807) is 0 Å². The molecule has 5 heteroatoms. The molecule has 2 aromatic carbocycles. The van der Waals surface area contributed by atoms with Crippen LogP contribution in [0.4, 0.5) is 0 Å². The third-order valence-corrected chi connectivity index (χ3v) is 3.91. The van der Waals surface area contributed by atoms with Crippen LogP contribution in [0.15, 0.2) is 36.4 Å². The molecule has 1 amide bonds. The van der Waals surface area contributed by atoms with Crippen molar-refractivity contribution < 1.29 is 9.53 Å². The van der Waals surface area contributed by atoms with Crippen molar-refractivity contribution >= 4 is 16.7 Å². The third-order valence-electron chi connectivity index (χ3n) is 3.91. The summed E-state index contributed by atoms with van der Waals surface area (Å²) in [5.41, 5.74) is 0.825. The number of carbonyl (C=O) groups is 1. The second-order valence-electron chi connectivity index (χ2n) is 7.83. The number of benzene rings is 2. The number of fused-ring (bicyclic) bond motifs is 1. The zero-order valence-electron chi connectivity index (χ0n) is 16.6. The van der Waals surface area contributed by atoms with Gasteiger partial charge < -0.3 is 20.3 Å². The maximum Gasteiger partial charge on any atom is 0.258 e. The van der Waals surface area contributed by atoms with Crippen LogP contribution in [-0.2, 0) is 11.3 Å². The summed E-state index contributed by atoms with van der Waals surface area (Å²) >= 11 is 0. The lowest BCUT2D eigenvalue weighted by Crippen LogP contribution is -2.43. The van der Waals surface area contributed by atoms with Gasteiger partial charge >= 0.3 is 0 Å². The maximum atomic E-state index is 12.1. The molecular formula is C21H31N3O2. The number of likely N-dealkylation sites (N-methyl/N-ethyl adjacent to an activating group) is 1. The first kappa shape index (κ1) is 20.2. The van der Waals surface area contributed by atoms with Gasteiger partial charge in [0.2, 0.25) is 0 Å². The molecule has 0 aliphatic rings. The molecule has 2 N–H and O–H groups in total. The summed E-state index contributed by atoms with van der Waals surface area (Å²) in [6.45, 7) is 8.45. The summed E-state index contributed by atoms with van der Waals surface area (Å²) in [6, 6.07) is 12.2. The van der Waals surface area contributed by atoms with E-state index in [1.807, 2.05) is 45.0 Å². The topological polar surface area (TPSA) is 53.6 Å². The number of hydrogen-bond acceptors (Lipinski definition) is 4. The van der Waals surface area contributed by atoms with Gasteiger partial charge in [0.05, 0.1) is 0 Å². The largest absolute Gasteiger partial charge is 0.483 e. The van der Waals surface area contributed by atoms with Crippen molar-refractivity contribution in [3.05, 3.63) is 42.0 Å². The lowest BCUT2D eigenvalue weighted by Gasteiger charge is -2.21. The fourth-order valence-corrected chi connectivity index (χ4v) is 2.75. The molecule has 0 radical (unpaired) electrons. The van der Waals surface area contributed by atoms with Crippen molar-refractivity contribution in [3.8, 4) is 5.75 Å². The van der Waals surface area contributed by atoms with Crippen LogP contribution in [0.1, 0.15) is 26.3 Å². The van der Waals surface area contributed by atoms with Gasteiger partial charge in [-0.15, -0.1) is 0 Å². The van der Waals surface area contributed by atoms with Crippen molar-refractivity contribution in [2.75, 3.05) is 33.8 Å². The Morgan fingerprint density at radius 1 is 1.12 bits per heavy atom. The molecule has 2 rings (SSSR count). The molecule has 142 valence electrons. The smallest absolute Gasteiger partial charge is 0.258 e. The highest BCUT2D eigenvalue weighted by molar-refractivity contribution is 5.88. The van der Waals surface area contributed by atoms with Gasteiger partial charge in [0.15, 0.2) is 6.61 Å². The van der Waals surface area contributed by atoms with Crippen LogP contribution in [0.5, 0.6) is 5.75 Å². The van der Waals surface area contributed by atoms with Gasteiger partial charge in [0.25, 0.3) is 5.91 Å². The Balaban J connectivity index is 2.13. The number of ether oxygens (including phenoxy) is 1. The average molecular weight is 357 g/mol. The van der Waals surface area contributed by atoms with Crippen molar-refractivity contribution in [1.82, 2.24) is 15.5 Å². The van der Waals surface area contributed by atoms with Crippen molar-refractivity contribution in [2.24, 2.45) is 0 Å². The predicted octanol–water partition coefficient (Wildman–Crippen LogP) is 2.78. The van der Waals surface area contributed by atoms with E-state index in [-0.39, 0.29) is 18.1 Å². The number of hydrogen-bond donors (Lipinski definition) is 2. The first-order valence-corrected chi connectivity index (χ1v) is 9.06. The van der Waals surface area contributed by atoms with Gasteiger partial charge in [-0.05, 0) is 51.7 Å². The average Bonchev–Trinajstić information content (AvgIpc) is 2.55. The highest BCUT2D eigenvalue weighted by Gasteiger charge is 2.15. The summed E-state index contributed by atoms with van der Waals surface area (Å²) in [6.07, 6.45) is 0. The Bertz CT molecular complexity index is 736. The summed E-state index contributed by atoms with van der Waals surface area (Å²) in [4.78, 5) is 14.2. The third kappa shape index (κ3) is 6.32. The van der Waals surface area contributed by atoms with Crippen LogP contribution < -0.4 is 15.4 Å². The molecule has 0 aromatic heterocycles. The fourth-order valence-electron chi connectivity index (χ4n) is 2.75. The number of amides is 1. The highest BCUT2D eigenvalue weighted by Crippen LogP contribution is 2.28. The molecule has 26 heavy (non-hydrogen) atoms. The van der Waals surface area contributed by atoms with Crippen LogP contribution in [0.3, 0.4) is 0 Å². The molecule has 0 bridgehead atoms. The molecule has 0 fully saturated rings. The lowest BCUT2D eigenvalue weighted by atomic mass is 10.0. The predicted molar refractivity (Wildman–Crippen MR) is 108 cm³/mol. The van der Waals surface area contributed by atoms with Gasteiger partial charge in [0, 0.05) is 30.7 Å². The molecule has 0 heterocycles.